The van der Waals surface area contributed by atoms with Gasteiger partial charge in [-0.1, -0.05) is 49.8 Å². The van der Waals surface area contributed by atoms with E-state index in [9.17, 15) is 18.4 Å². The van der Waals surface area contributed by atoms with E-state index in [1.807, 2.05) is 0 Å². The molecule has 0 unspecified atom stereocenters. The maximum atomic E-state index is 14.9. The number of halogens is 2. The van der Waals surface area contributed by atoms with Gasteiger partial charge in [-0.15, -0.1) is 0 Å². The van der Waals surface area contributed by atoms with Gasteiger partial charge in [0.05, 0.1) is 5.56 Å². The minimum Gasteiger partial charge on any atom is -0.479 e. The van der Waals surface area contributed by atoms with Crippen LogP contribution >= 0.6 is 0 Å². The van der Waals surface area contributed by atoms with Gasteiger partial charge in [-0.05, 0) is 61.3 Å². The molecule has 2 aromatic carbocycles. The van der Waals surface area contributed by atoms with Gasteiger partial charge in [0.15, 0.2) is 30.1 Å². The summed E-state index contributed by atoms with van der Waals surface area (Å²) in [5.74, 6) is 1.54. The SMILES string of the molecule is CCC[C@H]1CC[C@H](c2ccc(C#Cc3ccc(C4O[C@@H](C(=O)O)[C@H](C(=O)O)O4)cc3)c(F)c2F)CC1. The molecule has 8 heteroatoms. The van der Waals surface area contributed by atoms with E-state index in [2.05, 4.69) is 18.8 Å². The van der Waals surface area contributed by atoms with Gasteiger partial charge in [0, 0.05) is 11.1 Å². The fraction of sp³-hybridized carbons (Fsp3) is 0.429. The summed E-state index contributed by atoms with van der Waals surface area (Å²) in [7, 11) is 0. The number of rotatable bonds is 6. The van der Waals surface area contributed by atoms with Crippen LogP contribution in [0.3, 0.4) is 0 Å². The van der Waals surface area contributed by atoms with Crippen LogP contribution in [0, 0.1) is 29.4 Å². The third-order valence-corrected chi connectivity index (χ3v) is 6.92. The Balaban J connectivity index is 1.44. The van der Waals surface area contributed by atoms with Gasteiger partial charge in [0.25, 0.3) is 0 Å². The van der Waals surface area contributed by atoms with E-state index in [4.69, 9.17) is 19.7 Å². The van der Waals surface area contributed by atoms with Crippen LogP contribution in [-0.4, -0.2) is 34.4 Å². The molecule has 0 radical (unpaired) electrons. The van der Waals surface area contributed by atoms with Crippen molar-refractivity contribution in [1.29, 1.82) is 0 Å². The fourth-order valence-electron chi connectivity index (χ4n) is 4.98. The van der Waals surface area contributed by atoms with Crippen LogP contribution < -0.4 is 0 Å². The second-order valence-electron chi connectivity index (χ2n) is 9.33. The summed E-state index contributed by atoms with van der Waals surface area (Å²) in [4.78, 5) is 22.4. The van der Waals surface area contributed by atoms with Crippen molar-refractivity contribution < 1.29 is 38.1 Å². The average molecular weight is 499 g/mol. The summed E-state index contributed by atoms with van der Waals surface area (Å²) < 4.78 is 40.1. The Morgan fingerprint density at radius 2 is 1.50 bits per heavy atom. The number of ether oxygens (including phenoxy) is 2. The number of benzene rings is 2. The molecule has 0 spiro atoms. The highest BCUT2D eigenvalue weighted by Gasteiger charge is 2.46. The van der Waals surface area contributed by atoms with Crippen molar-refractivity contribution in [3.05, 3.63) is 70.3 Å². The topological polar surface area (TPSA) is 93.1 Å². The number of hydrogen-bond donors (Lipinski definition) is 2. The molecule has 1 saturated carbocycles. The highest BCUT2D eigenvalue weighted by atomic mass is 19.2. The lowest BCUT2D eigenvalue weighted by atomic mass is 9.77. The molecule has 1 saturated heterocycles. The first-order valence-corrected chi connectivity index (χ1v) is 12.1. The maximum Gasteiger partial charge on any atom is 0.336 e. The van der Waals surface area contributed by atoms with Gasteiger partial charge in [0.1, 0.15) is 0 Å². The molecule has 0 bridgehead atoms. The Morgan fingerprint density at radius 1 is 0.889 bits per heavy atom. The van der Waals surface area contributed by atoms with Crippen LogP contribution in [0.5, 0.6) is 0 Å². The van der Waals surface area contributed by atoms with E-state index >= 15 is 0 Å². The lowest BCUT2D eigenvalue weighted by molar-refractivity contribution is -0.156. The first-order chi connectivity index (χ1) is 17.3. The van der Waals surface area contributed by atoms with Gasteiger partial charge < -0.3 is 19.7 Å². The van der Waals surface area contributed by atoms with E-state index < -0.39 is 42.1 Å². The predicted molar refractivity (Wildman–Crippen MR) is 126 cm³/mol. The lowest BCUT2D eigenvalue weighted by Crippen LogP contribution is -2.36. The minimum absolute atomic E-state index is 0.0311. The fourth-order valence-corrected chi connectivity index (χ4v) is 4.98. The maximum absolute atomic E-state index is 14.9. The summed E-state index contributed by atoms with van der Waals surface area (Å²) >= 11 is 0. The largest absolute Gasteiger partial charge is 0.479 e. The van der Waals surface area contributed by atoms with Gasteiger partial charge >= 0.3 is 11.9 Å². The molecule has 4 rings (SSSR count). The highest BCUT2D eigenvalue weighted by Crippen LogP contribution is 2.39. The molecule has 190 valence electrons. The Morgan fingerprint density at radius 3 is 2.06 bits per heavy atom. The minimum atomic E-state index is -1.63. The molecule has 2 atom stereocenters. The number of hydrogen-bond acceptors (Lipinski definition) is 4. The number of carboxylic acids is 2. The Labute approximate surface area is 208 Å². The second kappa shape index (κ2) is 11.2. The molecule has 0 aromatic heterocycles. The number of carbonyl (C=O) groups is 2. The van der Waals surface area contributed by atoms with E-state index in [0.717, 1.165) is 32.1 Å². The summed E-state index contributed by atoms with van der Waals surface area (Å²) in [6, 6.07) is 9.42. The zero-order valence-electron chi connectivity index (χ0n) is 19.9. The van der Waals surface area contributed by atoms with Crippen molar-refractivity contribution in [2.24, 2.45) is 5.92 Å². The summed E-state index contributed by atoms with van der Waals surface area (Å²) in [5.41, 5.74) is 1.30. The molecular weight excluding hydrogens is 470 g/mol. The van der Waals surface area contributed by atoms with Crippen LogP contribution in [0.4, 0.5) is 8.78 Å². The van der Waals surface area contributed by atoms with Crippen LogP contribution in [-0.2, 0) is 19.1 Å². The first kappa shape index (κ1) is 25.8. The molecule has 2 aromatic rings. The molecule has 1 heterocycles. The van der Waals surface area contributed by atoms with Crippen molar-refractivity contribution in [2.75, 3.05) is 0 Å². The highest BCUT2D eigenvalue weighted by molar-refractivity contribution is 5.84. The number of aliphatic carboxylic acids is 2. The quantitative estimate of drug-likeness (QED) is 0.519. The van der Waals surface area contributed by atoms with Crippen LogP contribution in [0.1, 0.15) is 79.9 Å². The predicted octanol–water partition coefficient (Wildman–Crippen LogP) is 5.39. The van der Waals surface area contributed by atoms with E-state index in [1.54, 1.807) is 30.3 Å². The van der Waals surface area contributed by atoms with E-state index in [-0.39, 0.29) is 11.5 Å². The smallest absolute Gasteiger partial charge is 0.336 e. The van der Waals surface area contributed by atoms with Gasteiger partial charge in [-0.2, -0.15) is 0 Å². The molecule has 6 nitrogen and oxygen atoms in total. The molecule has 1 aliphatic heterocycles. The zero-order valence-corrected chi connectivity index (χ0v) is 19.9. The molecule has 1 aliphatic carbocycles. The summed E-state index contributed by atoms with van der Waals surface area (Å²) in [5, 5.41) is 18.3. The van der Waals surface area contributed by atoms with Crippen LogP contribution in [0.2, 0.25) is 0 Å². The van der Waals surface area contributed by atoms with Crippen molar-refractivity contribution >= 4 is 11.9 Å². The monoisotopic (exact) mass is 498 g/mol. The molecule has 2 N–H and O–H groups in total. The van der Waals surface area contributed by atoms with Crippen molar-refractivity contribution in [3.8, 4) is 11.8 Å². The Hall–Kier alpha value is -3.28. The second-order valence-corrected chi connectivity index (χ2v) is 9.33. The molecule has 36 heavy (non-hydrogen) atoms. The Bertz CT molecular complexity index is 1150. The molecule has 2 aliphatic rings. The van der Waals surface area contributed by atoms with Crippen LogP contribution in [0.25, 0.3) is 0 Å². The standard InChI is InChI=1S/C28H28F2O6/c1-2-3-16-4-9-18(10-5-16)21-15-14-19(22(29)23(21)30)11-6-17-7-12-20(13-8-17)28-35-24(26(31)32)25(36-28)27(33)34/h7-8,12-16,18,24-25,28H,2-5,9-10H2,1H3,(H,31,32)(H,33,34)/t16-,18-,24-,25-/m1/s1. The zero-order chi connectivity index (χ0) is 25.8. The molecule has 0 amide bonds. The van der Waals surface area contributed by atoms with Crippen molar-refractivity contribution in [1.82, 2.24) is 0 Å². The molecule has 2 fully saturated rings. The van der Waals surface area contributed by atoms with Crippen molar-refractivity contribution in [2.45, 2.75) is 69.9 Å². The van der Waals surface area contributed by atoms with Gasteiger partial charge in [-0.3, -0.25) is 0 Å². The normalized spacial score (nSPS) is 24.2. The first-order valence-electron chi connectivity index (χ1n) is 12.1. The number of carboxylic acid groups (broad SMARTS) is 2. The van der Waals surface area contributed by atoms with Crippen molar-refractivity contribution in [3.63, 3.8) is 0 Å². The Kier molecular flexibility index (Phi) is 8.02. The average Bonchev–Trinajstić information content (AvgIpc) is 3.33. The van der Waals surface area contributed by atoms with Crippen LogP contribution in [0.15, 0.2) is 36.4 Å². The summed E-state index contributed by atoms with van der Waals surface area (Å²) in [6.45, 7) is 2.17. The third-order valence-electron chi connectivity index (χ3n) is 6.92. The third kappa shape index (κ3) is 5.58. The molecular formula is C28H28F2O6. The van der Waals surface area contributed by atoms with E-state index in [0.29, 0.717) is 22.6 Å². The van der Waals surface area contributed by atoms with Gasteiger partial charge in [-0.25, -0.2) is 18.4 Å². The summed E-state index contributed by atoms with van der Waals surface area (Å²) in [6.07, 6.45) is 1.74. The van der Waals surface area contributed by atoms with Gasteiger partial charge in [0.2, 0.25) is 0 Å². The van der Waals surface area contributed by atoms with E-state index in [1.165, 1.54) is 12.5 Å². The lowest BCUT2D eigenvalue weighted by Gasteiger charge is -2.29.